The highest BCUT2D eigenvalue weighted by Gasteiger charge is 2.45. The first-order chi connectivity index (χ1) is 10.7. The molecule has 118 valence electrons. The van der Waals surface area contributed by atoms with Crippen molar-refractivity contribution in [3.8, 4) is 0 Å². The van der Waals surface area contributed by atoms with E-state index in [0.717, 1.165) is 6.54 Å². The third-order valence-corrected chi connectivity index (χ3v) is 5.06. The van der Waals surface area contributed by atoms with Gasteiger partial charge in [0.05, 0.1) is 12.9 Å². The molecular weight excluding hydrogens is 302 g/mol. The van der Waals surface area contributed by atoms with Crippen molar-refractivity contribution in [2.45, 2.75) is 23.5 Å². The van der Waals surface area contributed by atoms with Crippen LogP contribution in [-0.4, -0.2) is 48.9 Å². The lowest BCUT2D eigenvalue weighted by Crippen LogP contribution is -2.64. The van der Waals surface area contributed by atoms with Crippen molar-refractivity contribution in [2.24, 2.45) is 0 Å². The minimum absolute atomic E-state index is 0.0197. The van der Waals surface area contributed by atoms with Crippen LogP contribution in [0.5, 0.6) is 0 Å². The standard InChI is InChI=1S/C15H19N3O3S/c1-21-11(19)8-22-15-17-12-10(9-5-3-2-4-6-9)7-16-13(12)14(20)18-15/h2-6,10,12-13,15-17H,7-8H2,1H3,(H,18,20). The minimum atomic E-state index is -0.299. The summed E-state index contributed by atoms with van der Waals surface area (Å²) in [5, 5.41) is 9.59. The average Bonchev–Trinajstić information content (AvgIpc) is 2.98. The van der Waals surface area contributed by atoms with Crippen molar-refractivity contribution < 1.29 is 14.3 Å². The molecule has 4 unspecified atom stereocenters. The Balaban J connectivity index is 1.69. The fourth-order valence-corrected chi connectivity index (χ4v) is 3.84. The number of carbonyl (C=O) groups excluding carboxylic acids is 2. The van der Waals surface area contributed by atoms with Gasteiger partial charge in [0.2, 0.25) is 5.91 Å². The van der Waals surface area contributed by atoms with Crippen LogP contribution in [0.4, 0.5) is 0 Å². The summed E-state index contributed by atoms with van der Waals surface area (Å²) < 4.78 is 4.63. The van der Waals surface area contributed by atoms with Gasteiger partial charge in [0.1, 0.15) is 11.5 Å². The third kappa shape index (κ3) is 3.11. The maximum Gasteiger partial charge on any atom is 0.315 e. The summed E-state index contributed by atoms with van der Waals surface area (Å²) in [7, 11) is 1.36. The molecule has 1 aromatic carbocycles. The number of hydrogen-bond donors (Lipinski definition) is 3. The lowest BCUT2D eigenvalue weighted by molar-refractivity contribution is -0.137. The van der Waals surface area contributed by atoms with Gasteiger partial charge in [-0.05, 0) is 5.56 Å². The number of benzene rings is 1. The van der Waals surface area contributed by atoms with Gasteiger partial charge in [-0.15, -0.1) is 11.8 Å². The van der Waals surface area contributed by atoms with Gasteiger partial charge in [-0.1, -0.05) is 30.3 Å². The van der Waals surface area contributed by atoms with Gasteiger partial charge in [0, 0.05) is 18.5 Å². The highest BCUT2D eigenvalue weighted by molar-refractivity contribution is 8.00. The maximum atomic E-state index is 12.2. The number of rotatable bonds is 4. The van der Waals surface area contributed by atoms with Gasteiger partial charge in [-0.25, -0.2) is 0 Å². The normalized spacial score (nSPS) is 30.5. The summed E-state index contributed by atoms with van der Waals surface area (Å²) in [5.41, 5.74) is 0.931. The molecule has 0 radical (unpaired) electrons. The summed E-state index contributed by atoms with van der Waals surface area (Å²) in [5.74, 6) is 0.116. The average molecular weight is 321 g/mol. The second-order valence-corrected chi connectivity index (χ2v) is 6.46. The molecule has 2 heterocycles. The zero-order valence-electron chi connectivity index (χ0n) is 12.2. The Morgan fingerprint density at radius 3 is 2.86 bits per heavy atom. The number of nitrogens with one attached hydrogen (secondary N) is 3. The Bertz CT molecular complexity index is 554. The number of thioether (sulfide) groups is 1. The third-order valence-electron chi connectivity index (χ3n) is 4.07. The van der Waals surface area contributed by atoms with Crippen LogP contribution >= 0.6 is 11.8 Å². The summed E-state index contributed by atoms with van der Waals surface area (Å²) in [6.45, 7) is 0.758. The van der Waals surface area contributed by atoms with Crippen molar-refractivity contribution in [1.82, 2.24) is 16.0 Å². The summed E-state index contributed by atoms with van der Waals surface area (Å²) in [4.78, 5) is 23.5. The molecule has 0 aliphatic carbocycles. The number of amides is 1. The minimum Gasteiger partial charge on any atom is -0.468 e. The van der Waals surface area contributed by atoms with E-state index in [4.69, 9.17) is 0 Å². The molecule has 4 atom stereocenters. The molecule has 1 amide bonds. The Hall–Kier alpha value is -1.57. The molecule has 22 heavy (non-hydrogen) atoms. The van der Waals surface area contributed by atoms with Gasteiger partial charge in [0.15, 0.2) is 0 Å². The van der Waals surface area contributed by atoms with Crippen LogP contribution in [-0.2, 0) is 14.3 Å². The number of fused-ring (bicyclic) bond motifs is 1. The quantitative estimate of drug-likeness (QED) is 0.679. The molecule has 0 bridgehead atoms. The first kappa shape index (κ1) is 15.3. The monoisotopic (exact) mass is 321 g/mol. The zero-order valence-corrected chi connectivity index (χ0v) is 13.1. The number of esters is 1. The number of ether oxygens (including phenoxy) is 1. The van der Waals surface area contributed by atoms with Gasteiger partial charge >= 0.3 is 5.97 Å². The van der Waals surface area contributed by atoms with Crippen molar-refractivity contribution in [3.63, 3.8) is 0 Å². The molecule has 0 aromatic heterocycles. The summed E-state index contributed by atoms with van der Waals surface area (Å²) in [6.07, 6.45) is 0. The van der Waals surface area contributed by atoms with Gasteiger partial charge < -0.3 is 15.4 Å². The van der Waals surface area contributed by atoms with Crippen LogP contribution in [0, 0.1) is 0 Å². The van der Waals surface area contributed by atoms with E-state index in [1.165, 1.54) is 24.4 Å². The molecule has 1 aromatic rings. The first-order valence-electron chi connectivity index (χ1n) is 7.22. The highest BCUT2D eigenvalue weighted by atomic mass is 32.2. The topological polar surface area (TPSA) is 79.5 Å². The van der Waals surface area contributed by atoms with Gasteiger partial charge in [-0.3, -0.25) is 14.9 Å². The van der Waals surface area contributed by atoms with Crippen LogP contribution < -0.4 is 16.0 Å². The fourth-order valence-electron chi connectivity index (χ4n) is 2.97. The van der Waals surface area contributed by atoms with E-state index in [1.54, 1.807) is 0 Å². The molecule has 2 aliphatic rings. The Labute approximate surface area is 133 Å². The molecule has 2 aliphatic heterocycles. The molecule has 7 heteroatoms. The van der Waals surface area contributed by atoms with Crippen molar-refractivity contribution in [3.05, 3.63) is 35.9 Å². The van der Waals surface area contributed by atoms with E-state index in [2.05, 4.69) is 32.8 Å². The van der Waals surface area contributed by atoms with Crippen LogP contribution in [0.1, 0.15) is 11.5 Å². The second kappa shape index (κ2) is 6.68. The zero-order chi connectivity index (χ0) is 15.5. The van der Waals surface area contributed by atoms with E-state index in [9.17, 15) is 9.59 Å². The van der Waals surface area contributed by atoms with Crippen LogP contribution in [0.15, 0.2) is 30.3 Å². The van der Waals surface area contributed by atoms with Crippen molar-refractivity contribution in [2.75, 3.05) is 19.4 Å². The Morgan fingerprint density at radius 1 is 1.36 bits per heavy atom. The van der Waals surface area contributed by atoms with E-state index < -0.39 is 0 Å². The van der Waals surface area contributed by atoms with Gasteiger partial charge in [0.25, 0.3) is 0 Å². The summed E-state index contributed by atoms with van der Waals surface area (Å²) in [6, 6.07) is 9.95. The highest BCUT2D eigenvalue weighted by Crippen LogP contribution is 2.29. The molecule has 6 nitrogen and oxygen atoms in total. The lowest BCUT2D eigenvalue weighted by atomic mass is 9.90. The molecule has 3 rings (SSSR count). The van der Waals surface area contributed by atoms with Crippen molar-refractivity contribution >= 4 is 23.6 Å². The molecular formula is C15H19N3O3S. The van der Waals surface area contributed by atoms with E-state index in [0.29, 0.717) is 0 Å². The summed E-state index contributed by atoms with van der Waals surface area (Å²) >= 11 is 1.33. The van der Waals surface area contributed by atoms with Crippen LogP contribution in [0.25, 0.3) is 0 Å². The fraction of sp³-hybridized carbons (Fsp3) is 0.467. The largest absolute Gasteiger partial charge is 0.468 e. The number of hydrogen-bond acceptors (Lipinski definition) is 6. The molecule has 0 spiro atoms. The number of methoxy groups -OCH3 is 1. The smallest absolute Gasteiger partial charge is 0.315 e. The van der Waals surface area contributed by atoms with Crippen LogP contribution in [0.3, 0.4) is 0 Å². The maximum absolute atomic E-state index is 12.2. The SMILES string of the molecule is COC(=O)CSC1NC(=O)C2NCC(c3ccccc3)C2N1. The predicted octanol–water partition coefficient (Wildman–Crippen LogP) is 0.0198. The number of carbonyl (C=O) groups is 2. The van der Waals surface area contributed by atoms with Crippen LogP contribution in [0.2, 0.25) is 0 Å². The molecule has 3 N–H and O–H groups in total. The second-order valence-electron chi connectivity index (χ2n) is 5.37. The van der Waals surface area contributed by atoms with Gasteiger partial charge in [-0.2, -0.15) is 0 Å². The molecule has 2 saturated heterocycles. The van der Waals surface area contributed by atoms with E-state index in [1.807, 2.05) is 18.2 Å². The Morgan fingerprint density at radius 2 is 2.14 bits per heavy atom. The van der Waals surface area contributed by atoms with Crippen molar-refractivity contribution in [1.29, 1.82) is 0 Å². The lowest BCUT2D eigenvalue weighted by Gasteiger charge is -2.35. The molecule has 0 saturated carbocycles. The Kier molecular flexibility index (Phi) is 4.66. The first-order valence-corrected chi connectivity index (χ1v) is 8.27. The predicted molar refractivity (Wildman–Crippen MR) is 84.3 cm³/mol. The van der Waals surface area contributed by atoms with E-state index >= 15 is 0 Å². The van der Waals surface area contributed by atoms with E-state index in [-0.39, 0.29) is 41.1 Å². The molecule has 2 fully saturated rings.